The predicted molar refractivity (Wildman–Crippen MR) is 75.2 cm³/mol. The van der Waals surface area contributed by atoms with E-state index in [1.807, 2.05) is 6.92 Å². The summed E-state index contributed by atoms with van der Waals surface area (Å²) >= 11 is 0. The van der Waals surface area contributed by atoms with Crippen LogP contribution in [-0.4, -0.2) is 15.3 Å². The molecule has 1 aromatic carbocycles. The molecule has 2 rings (SSSR count). The highest BCUT2D eigenvalue weighted by molar-refractivity contribution is 6.10. The highest BCUT2D eigenvalue weighted by atomic mass is 19.1. The monoisotopic (exact) mass is 282 g/mol. The second-order valence-corrected chi connectivity index (χ2v) is 4.03. The summed E-state index contributed by atoms with van der Waals surface area (Å²) in [6.07, 6.45) is 3.98. The Bertz CT molecular complexity index is 747. The molecule has 6 nitrogen and oxygen atoms in total. The fourth-order valence-electron chi connectivity index (χ4n) is 1.78. The van der Waals surface area contributed by atoms with Crippen molar-refractivity contribution in [1.29, 1.82) is 10.5 Å². The molecule has 0 saturated heterocycles. The van der Waals surface area contributed by atoms with Crippen molar-refractivity contribution in [2.24, 2.45) is 5.10 Å². The number of aromatic nitrogens is 2. The third-order valence-corrected chi connectivity index (χ3v) is 2.75. The van der Waals surface area contributed by atoms with Crippen LogP contribution in [0.3, 0.4) is 0 Å². The third kappa shape index (κ3) is 3.04. The van der Waals surface area contributed by atoms with Crippen LogP contribution in [-0.2, 0) is 6.42 Å². The summed E-state index contributed by atoms with van der Waals surface area (Å²) in [5.41, 5.74) is 2.85. The van der Waals surface area contributed by atoms with E-state index in [9.17, 15) is 4.39 Å². The van der Waals surface area contributed by atoms with Crippen molar-refractivity contribution in [3.8, 4) is 17.8 Å². The number of aryl methyl sites for hydroxylation is 1. The minimum atomic E-state index is -0.460. The first-order valence-electron chi connectivity index (χ1n) is 6.15. The summed E-state index contributed by atoms with van der Waals surface area (Å²) in [5.74, 6) is 0.294. The van der Waals surface area contributed by atoms with E-state index in [0.29, 0.717) is 17.8 Å². The first-order chi connectivity index (χ1) is 10.2. The zero-order valence-electron chi connectivity index (χ0n) is 11.2. The largest absolute Gasteiger partial charge is 0.301 e. The minimum absolute atomic E-state index is 0.331. The van der Waals surface area contributed by atoms with Gasteiger partial charge in [-0.3, -0.25) is 5.43 Å². The molecule has 0 aliphatic heterocycles. The van der Waals surface area contributed by atoms with Crippen molar-refractivity contribution < 1.29 is 4.39 Å². The first-order valence-corrected chi connectivity index (χ1v) is 6.15. The van der Waals surface area contributed by atoms with E-state index in [-0.39, 0.29) is 5.71 Å². The number of hydrogen-bond acceptors (Lipinski definition) is 5. The molecule has 0 aliphatic rings. The molecule has 1 N–H and O–H groups in total. The molecule has 0 aliphatic carbocycles. The Kier molecular flexibility index (Phi) is 4.27. The van der Waals surface area contributed by atoms with Crippen LogP contribution in [0, 0.1) is 28.5 Å². The smallest absolute Gasteiger partial charge is 0.237 e. The number of nitrogens with zero attached hydrogens (tertiary/aromatic N) is 5. The van der Waals surface area contributed by atoms with Gasteiger partial charge < -0.3 is 4.57 Å². The summed E-state index contributed by atoms with van der Waals surface area (Å²) in [6, 6.07) is 7.63. The molecule has 0 amide bonds. The fraction of sp³-hybridized carbons (Fsp3) is 0.143. The van der Waals surface area contributed by atoms with Crippen molar-refractivity contribution in [2.75, 3.05) is 5.43 Å². The van der Waals surface area contributed by atoms with E-state index >= 15 is 0 Å². The average Bonchev–Trinajstić information content (AvgIpc) is 2.96. The quantitative estimate of drug-likeness (QED) is 0.688. The summed E-state index contributed by atoms with van der Waals surface area (Å²) in [7, 11) is 0. The molecule has 0 unspecified atom stereocenters. The Morgan fingerprint density at radius 1 is 1.43 bits per heavy atom. The lowest BCUT2D eigenvalue weighted by Crippen LogP contribution is -2.03. The number of imidazole rings is 1. The fourth-order valence-corrected chi connectivity index (χ4v) is 1.78. The first kappa shape index (κ1) is 14.2. The van der Waals surface area contributed by atoms with Gasteiger partial charge in [0.2, 0.25) is 5.71 Å². The topological polar surface area (TPSA) is 89.8 Å². The number of nitriles is 2. The van der Waals surface area contributed by atoms with Crippen LogP contribution in [0.25, 0.3) is 5.69 Å². The van der Waals surface area contributed by atoms with Crippen LogP contribution >= 0.6 is 0 Å². The summed E-state index contributed by atoms with van der Waals surface area (Å²) in [5, 5.41) is 20.7. The minimum Gasteiger partial charge on any atom is -0.301 e. The lowest BCUT2D eigenvalue weighted by Gasteiger charge is -2.09. The van der Waals surface area contributed by atoms with Crippen molar-refractivity contribution >= 4 is 11.4 Å². The molecule has 1 aromatic heterocycles. The van der Waals surface area contributed by atoms with Gasteiger partial charge in [0, 0.05) is 24.9 Å². The second-order valence-electron chi connectivity index (χ2n) is 4.03. The molecule has 0 saturated carbocycles. The molecule has 21 heavy (non-hydrogen) atoms. The van der Waals surface area contributed by atoms with Crippen LogP contribution in [0.2, 0.25) is 0 Å². The van der Waals surface area contributed by atoms with Crippen LogP contribution in [0.1, 0.15) is 12.7 Å². The molecule has 2 aromatic rings. The Morgan fingerprint density at radius 3 is 2.81 bits per heavy atom. The summed E-state index contributed by atoms with van der Waals surface area (Å²) < 4.78 is 15.8. The molecular formula is C14H11FN6. The second kappa shape index (κ2) is 6.31. The number of nitrogens with one attached hydrogen (secondary N) is 1. The van der Waals surface area contributed by atoms with Crippen LogP contribution < -0.4 is 5.43 Å². The molecule has 104 valence electrons. The SMILES string of the molecule is CCc1nccn1-c1ccc(NN=C(C#N)C#N)cc1F. The van der Waals surface area contributed by atoms with Crippen LogP contribution in [0.4, 0.5) is 10.1 Å². The zero-order chi connectivity index (χ0) is 15.2. The third-order valence-electron chi connectivity index (χ3n) is 2.75. The molecule has 0 spiro atoms. The highest BCUT2D eigenvalue weighted by Gasteiger charge is 2.09. The summed E-state index contributed by atoms with van der Waals surface area (Å²) in [4.78, 5) is 4.14. The standard InChI is InChI=1S/C14H11FN6/c1-2-14-18-5-6-21(14)13-4-3-10(7-12(13)15)19-20-11(8-16)9-17/h3-7,19H,2H2,1H3. The van der Waals surface area contributed by atoms with E-state index in [2.05, 4.69) is 15.5 Å². The van der Waals surface area contributed by atoms with Crippen molar-refractivity contribution in [3.63, 3.8) is 0 Å². The summed E-state index contributed by atoms with van der Waals surface area (Å²) in [6.45, 7) is 1.94. The lowest BCUT2D eigenvalue weighted by atomic mass is 10.2. The van der Waals surface area contributed by atoms with Gasteiger partial charge in [0.25, 0.3) is 0 Å². The van der Waals surface area contributed by atoms with E-state index in [0.717, 1.165) is 5.82 Å². The molecule has 0 fully saturated rings. The maximum absolute atomic E-state index is 14.2. The Hall–Kier alpha value is -3.19. The van der Waals surface area contributed by atoms with Gasteiger partial charge in [0.1, 0.15) is 23.8 Å². The van der Waals surface area contributed by atoms with Gasteiger partial charge in [0.05, 0.1) is 11.4 Å². The molecule has 0 radical (unpaired) electrons. The normalized spacial score (nSPS) is 9.52. The average molecular weight is 282 g/mol. The van der Waals surface area contributed by atoms with Gasteiger partial charge in [-0.1, -0.05) is 6.92 Å². The zero-order valence-corrected chi connectivity index (χ0v) is 11.2. The van der Waals surface area contributed by atoms with Gasteiger partial charge >= 0.3 is 0 Å². The highest BCUT2D eigenvalue weighted by Crippen LogP contribution is 2.19. The Morgan fingerprint density at radius 2 is 2.19 bits per heavy atom. The number of anilines is 1. The van der Waals surface area contributed by atoms with E-state index in [4.69, 9.17) is 10.5 Å². The van der Waals surface area contributed by atoms with Gasteiger partial charge in [-0.25, -0.2) is 9.37 Å². The molecule has 0 bridgehead atoms. The van der Waals surface area contributed by atoms with E-state index in [1.165, 1.54) is 6.07 Å². The molecule has 1 heterocycles. The lowest BCUT2D eigenvalue weighted by molar-refractivity contribution is 0.616. The van der Waals surface area contributed by atoms with Crippen LogP contribution in [0.15, 0.2) is 35.7 Å². The van der Waals surface area contributed by atoms with Crippen molar-refractivity contribution in [2.45, 2.75) is 13.3 Å². The molecule has 0 atom stereocenters. The number of hydrogen-bond donors (Lipinski definition) is 1. The van der Waals surface area contributed by atoms with Gasteiger partial charge in [0.15, 0.2) is 0 Å². The number of halogens is 1. The van der Waals surface area contributed by atoms with E-state index < -0.39 is 5.82 Å². The maximum Gasteiger partial charge on any atom is 0.237 e. The van der Waals surface area contributed by atoms with Crippen molar-refractivity contribution in [3.05, 3.63) is 42.2 Å². The van der Waals surface area contributed by atoms with Crippen molar-refractivity contribution in [1.82, 2.24) is 9.55 Å². The van der Waals surface area contributed by atoms with Gasteiger partial charge in [-0.2, -0.15) is 15.6 Å². The van der Waals surface area contributed by atoms with Gasteiger partial charge in [-0.15, -0.1) is 0 Å². The molecular weight excluding hydrogens is 271 g/mol. The molecule has 7 heteroatoms. The Labute approximate surface area is 120 Å². The maximum atomic E-state index is 14.2. The Balaban J connectivity index is 2.29. The van der Waals surface area contributed by atoms with Gasteiger partial charge in [-0.05, 0) is 12.1 Å². The van der Waals surface area contributed by atoms with Crippen LogP contribution in [0.5, 0.6) is 0 Å². The predicted octanol–water partition coefficient (Wildman–Crippen LogP) is 2.39. The number of rotatable bonds is 4. The number of hydrazone groups is 1. The number of benzene rings is 1. The van der Waals surface area contributed by atoms with E-state index in [1.54, 1.807) is 41.2 Å².